The smallest absolute Gasteiger partial charge is 0.132 e. The molecule has 0 atom stereocenters. The first-order chi connectivity index (χ1) is 5.81. The Bertz CT molecular complexity index is 100. The highest BCUT2D eigenvalue weighted by atomic mass is 16.2. The van der Waals surface area contributed by atoms with Gasteiger partial charge < -0.3 is 5.11 Å². The summed E-state index contributed by atoms with van der Waals surface area (Å²) in [6.45, 7) is 2.40. The average molecular weight is 172 g/mol. The van der Waals surface area contributed by atoms with Crippen molar-refractivity contribution in [3.8, 4) is 0 Å². The first-order valence-electron chi connectivity index (χ1n) is 4.93. The van der Waals surface area contributed by atoms with Crippen molar-refractivity contribution in [2.24, 2.45) is 0 Å². The molecule has 72 valence electrons. The van der Waals surface area contributed by atoms with Crippen molar-refractivity contribution in [2.75, 3.05) is 6.61 Å². The van der Waals surface area contributed by atoms with E-state index in [-0.39, 0.29) is 0 Å². The van der Waals surface area contributed by atoms with Gasteiger partial charge in [0.15, 0.2) is 0 Å². The van der Waals surface area contributed by atoms with Crippen molar-refractivity contribution in [3.63, 3.8) is 0 Å². The zero-order chi connectivity index (χ0) is 9.23. The lowest BCUT2D eigenvalue weighted by Crippen LogP contribution is -2.02. The summed E-state index contributed by atoms with van der Waals surface area (Å²) in [7, 11) is 0. The molecule has 1 saturated carbocycles. The van der Waals surface area contributed by atoms with Gasteiger partial charge in [-0.25, -0.2) is 0 Å². The van der Waals surface area contributed by atoms with Crippen LogP contribution in [0.1, 0.15) is 51.9 Å². The second-order valence-corrected chi connectivity index (χ2v) is 3.18. The predicted octanol–water partition coefficient (Wildman–Crippen LogP) is 2.30. The Morgan fingerprint density at radius 2 is 1.83 bits per heavy atom. The highest BCUT2D eigenvalue weighted by molar-refractivity contribution is 5.78. The summed E-state index contributed by atoms with van der Waals surface area (Å²) in [6.07, 6.45) is 7.28. The lowest BCUT2D eigenvalue weighted by molar-refractivity contribution is -0.120. The van der Waals surface area contributed by atoms with E-state index < -0.39 is 0 Å². The Kier molecular flexibility index (Phi) is 8.46. The Balaban J connectivity index is 0.000000217. The quantitative estimate of drug-likeness (QED) is 0.694. The van der Waals surface area contributed by atoms with Crippen LogP contribution in [0.3, 0.4) is 0 Å². The number of unbranched alkanes of at least 4 members (excludes halogenated alkanes) is 1. The standard InChI is InChI=1S/C6H10O.C4H10O/c7-6-4-2-1-3-5-6;1-2-3-4-5/h1-5H2;5H,2-4H2,1H3. The number of carbonyl (C=O) groups is 1. The van der Waals surface area contributed by atoms with Gasteiger partial charge in [0.1, 0.15) is 5.78 Å². The minimum atomic E-state index is 0.344. The van der Waals surface area contributed by atoms with Gasteiger partial charge in [0.2, 0.25) is 0 Å². The lowest BCUT2D eigenvalue weighted by atomic mass is 10.00. The monoisotopic (exact) mass is 172 g/mol. The molecule has 0 bridgehead atoms. The number of rotatable bonds is 2. The van der Waals surface area contributed by atoms with Gasteiger partial charge in [0, 0.05) is 19.4 Å². The molecule has 0 unspecified atom stereocenters. The summed E-state index contributed by atoms with van der Waals surface area (Å²) in [5, 5.41) is 8.07. The van der Waals surface area contributed by atoms with Crippen molar-refractivity contribution in [1.29, 1.82) is 0 Å². The van der Waals surface area contributed by atoms with Crippen molar-refractivity contribution in [2.45, 2.75) is 51.9 Å². The first-order valence-corrected chi connectivity index (χ1v) is 4.93. The van der Waals surface area contributed by atoms with Gasteiger partial charge >= 0.3 is 0 Å². The maximum Gasteiger partial charge on any atom is 0.132 e. The molecule has 0 amide bonds. The minimum Gasteiger partial charge on any atom is -0.396 e. The third kappa shape index (κ3) is 7.73. The van der Waals surface area contributed by atoms with Gasteiger partial charge in [0.05, 0.1) is 0 Å². The molecule has 1 aliphatic carbocycles. The number of hydrogen-bond donors (Lipinski definition) is 1. The van der Waals surface area contributed by atoms with Crippen LogP contribution >= 0.6 is 0 Å². The molecule has 2 nitrogen and oxygen atoms in total. The first kappa shape index (κ1) is 11.6. The van der Waals surface area contributed by atoms with E-state index >= 15 is 0 Å². The molecule has 0 aromatic heterocycles. The fourth-order valence-electron chi connectivity index (χ4n) is 1.10. The number of aliphatic hydroxyl groups is 1. The molecule has 0 heterocycles. The highest BCUT2D eigenvalue weighted by Gasteiger charge is 2.05. The molecule has 0 radical (unpaired) electrons. The van der Waals surface area contributed by atoms with Crippen LogP contribution in [0.25, 0.3) is 0 Å². The van der Waals surface area contributed by atoms with Crippen LogP contribution < -0.4 is 0 Å². The van der Waals surface area contributed by atoms with Crippen LogP contribution in [-0.4, -0.2) is 17.5 Å². The molecule has 0 aromatic carbocycles. The van der Waals surface area contributed by atoms with Crippen LogP contribution in [0.4, 0.5) is 0 Å². The average Bonchev–Trinajstić information content (AvgIpc) is 2.08. The van der Waals surface area contributed by atoms with Gasteiger partial charge in [-0.3, -0.25) is 4.79 Å². The minimum absolute atomic E-state index is 0.344. The highest BCUT2D eigenvalue weighted by Crippen LogP contribution is 2.12. The molecule has 0 spiro atoms. The Hall–Kier alpha value is -0.370. The van der Waals surface area contributed by atoms with Crippen LogP contribution in [0.2, 0.25) is 0 Å². The zero-order valence-corrected chi connectivity index (χ0v) is 8.01. The summed E-state index contributed by atoms with van der Waals surface area (Å²) in [6, 6.07) is 0. The SMILES string of the molecule is CCCCO.O=C1CCCCC1. The molecule has 0 aromatic rings. The van der Waals surface area contributed by atoms with E-state index in [0.29, 0.717) is 12.4 Å². The number of ketones is 1. The summed E-state index contributed by atoms with van der Waals surface area (Å²) in [5.41, 5.74) is 0. The van der Waals surface area contributed by atoms with Crippen LogP contribution in [-0.2, 0) is 4.79 Å². The van der Waals surface area contributed by atoms with Gasteiger partial charge in [-0.05, 0) is 19.3 Å². The van der Waals surface area contributed by atoms with Crippen LogP contribution in [0, 0.1) is 0 Å². The fraction of sp³-hybridized carbons (Fsp3) is 0.900. The van der Waals surface area contributed by atoms with E-state index in [4.69, 9.17) is 5.11 Å². The Morgan fingerprint density at radius 1 is 1.25 bits per heavy atom. The molecule has 1 aliphatic rings. The van der Waals surface area contributed by atoms with Gasteiger partial charge in [-0.15, -0.1) is 0 Å². The summed E-state index contributed by atoms with van der Waals surface area (Å²) < 4.78 is 0. The zero-order valence-electron chi connectivity index (χ0n) is 8.01. The summed E-state index contributed by atoms with van der Waals surface area (Å²) >= 11 is 0. The number of hydrogen-bond acceptors (Lipinski definition) is 2. The van der Waals surface area contributed by atoms with Crippen LogP contribution in [0.5, 0.6) is 0 Å². The fourth-order valence-corrected chi connectivity index (χ4v) is 1.10. The summed E-state index contributed by atoms with van der Waals surface area (Å²) in [5.74, 6) is 0.464. The lowest BCUT2D eigenvalue weighted by Gasteiger charge is -2.05. The topological polar surface area (TPSA) is 37.3 Å². The maximum atomic E-state index is 10.5. The van der Waals surface area contributed by atoms with Crippen LogP contribution in [0.15, 0.2) is 0 Å². The number of carbonyl (C=O) groups excluding carboxylic acids is 1. The molecule has 0 saturated heterocycles. The third-order valence-corrected chi connectivity index (χ3v) is 1.92. The second kappa shape index (κ2) is 8.72. The van der Waals surface area contributed by atoms with Crippen molar-refractivity contribution in [1.82, 2.24) is 0 Å². The van der Waals surface area contributed by atoms with E-state index in [1.54, 1.807) is 0 Å². The van der Waals surface area contributed by atoms with E-state index in [1.165, 1.54) is 6.42 Å². The molecule has 1 fully saturated rings. The maximum absolute atomic E-state index is 10.5. The van der Waals surface area contributed by atoms with E-state index in [9.17, 15) is 4.79 Å². The van der Waals surface area contributed by atoms with Crippen molar-refractivity contribution < 1.29 is 9.90 Å². The van der Waals surface area contributed by atoms with E-state index in [0.717, 1.165) is 38.5 Å². The molecule has 12 heavy (non-hydrogen) atoms. The molecular formula is C10H20O2. The molecule has 1 rings (SSSR count). The predicted molar refractivity (Wildman–Crippen MR) is 50.1 cm³/mol. The third-order valence-electron chi connectivity index (χ3n) is 1.92. The molecule has 2 heteroatoms. The molecule has 0 aliphatic heterocycles. The van der Waals surface area contributed by atoms with Gasteiger partial charge in [-0.1, -0.05) is 19.8 Å². The molecule has 1 N–H and O–H groups in total. The van der Waals surface area contributed by atoms with E-state index in [2.05, 4.69) is 6.92 Å². The molecular weight excluding hydrogens is 152 g/mol. The Morgan fingerprint density at radius 3 is 2.00 bits per heavy atom. The Labute approximate surface area is 75.0 Å². The van der Waals surface area contributed by atoms with Crippen molar-refractivity contribution in [3.05, 3.63) is 0 Å². The second-order valence-electron chi connectivity index (χ2n) is 3.18. The van der Waals surface area contributed by atoms with Gasteiger partial charge in [-0.2, -0.15) is 0 Å². The number of Topliss-reactive ketones (excluding diaryl/α,β-unsaturated/α-hetero) is 1. The van der Waals surface area contributed by atoms with E-state index in [1.807, 2.05) is 0 Å². The largest absolute Gasteiger partial charge is 0.396 e. The normalized spacial score (nSPS) is 16.7. The summed E-state index contributed by atoms with van der Waals surface area (Å²) in [4.78, 5) is 10.5. The number of aliphatic hydroxyl groups excluding tert-OH is 1. The van der Waals surface area contributed by atoms with Crippen molar-refractivity contribution >= 4 is 5.78 Å². The van der Waals surface area contributed by atoms with Gasteiger partial charge in [0.25, 0.3) is 0 Å².